The van der Waals surface area contributed by atoms with Gasteiger partial charge in [-0.1, -0.05) is 121 Å². The van der Waals surface area contributed by atoms with Crippen LogP contribution in [0.3, 0.4) is 0 Å². The molecule has 2 rings (SSSR count). The zero-order valence-electron chi connectivity index (χ0n) is 19.4. The number of ether oxygens (including phenoxy) is 1. The van der Waals surface area contributed by atoms with Crippen LogP contribution in [0.15, 0.2) is 41.8 Å². The van der Waals surface area contributed by atoms with Crippen LogP contribution in [-0.4, -0.2) is 12.7 Å². The van der Waals surface area contributed by atoms with Crippen LogP contribution >= 0.6 is 11.3 Å². The van der Waals surface area contributed by atoms with Crippen LogP contribution in [0.25, 0.3) is 11.1 Å². The quantitative estimate of drug-likeness (QED) is 0.247. The van der Waals surface area contributed by atoms with Crippen molar-refractivity contribution in [1.82, 2.24) is 0 Å². The molecule has 0 aliphatic heterocycles. The monoisotopic (exact) mass is 443 g/mol. The summed E-state index contributed by atoms with van der Waals surface area (Å²) in [6.45, 7) is 2.77. The van der Waals surface area contributed by atoms with E-state index < -0.39 is 0 Å². The van der Waals surface area contributed by atoms with Crippen LogP contribution in [0, 0.1) is 0 Å². The second-order valence-electron chi connectivity index (χ2n) is 8.39. The molecule has 2 aromatic rings. The van der Waals surface area contributed by atoms with Crippen molar-refractivity contribution in [2.75, 3.05) is 11.9 Å². The highest BCUT2D eigenvalue weighted by Crippen LogP contribution is 2.33. The lowest BCUT2D eigenvalue weighted by Crippen LogP contribution is -2.14. The second-order valence-corrected chi connectivity index (χ2v) is 9.30. The number of hydrogen-bond acceptors (Lipinski definition) is 3. The first-order valence-corrected chi connectivity index (χ1v) is 13.3. The van der Waals surface area contributed by atoms with Crippen LogP contribution in [0.5, 0.6) is 0 Å². The summed E-state index contributed by atoms with van der Waals surface area (Å²) in [7, 11) is 0. The van der Waals surface area contributed by atoms with Crippen LogP contribution in [0.2, 0.25) is 0 Å². The molecule has 0 spiro atoms. The summed E-state index contributed by atoms with van der Waals surface area (Å²) in [5.41, 5.74) is 2.14. The van der Waals surface area contributed by atoms with Crippen molar-refractivity contribution < 1.29 is 9.53 Å². The predicted molar refractivity (Wildman–Crippen MR) is 135 cm³/mol. The van der Waals surface area contributed by atoms with Crippen molar-refractivity contribution in [2.45, 2.75) is 96.8 Å². The third-order valence-corrected chi connectivity index (χ3v) is 6.53. The fourth-order valence-electron chi connectivity index (χ4n) is 3.84. The normalized spacial score (nSPS) is 10.9. The van der Waals surface area contributed by atoms with Gasteiger partial charge < -0.3 is 4.74 Å². The molecule has 1 aromatic heterocycles. The van der Waals surface area contributed by atoms with E-state index in [1.807, 2.05) is 41.8 Å². The highest BCUT2D eigenvalue weighted by atomic mass is 32.1. The molecule has 1 N–H and O–H groups in total. The topological polar surface area (TPSA) is 38.3 Å². The minimum Gasteiger partial charge on any atom is -0.449 e. The number of nitrogens with one attached hydrogen (secondary N) is 1. The Morgan fingerprint density at radius 2 is 1.32 bits per heavy atom. The van der Waals surface area contributed by atoms with Gasteiger partial charge in [-0.05, 0) is 23.4 Å². The van der Waals surface area contributed by atoms with Gasteiger partial charge in [-0.15, -0.1) is 11.3 Å². The minimum atomic E-state index is -0.352. The number of thiophene rings is 1. The first kappa shape index (κ1) is 25.5. The van der Waals surface area contributed by atoms with Crippen LogP contribution in [-0.2, 0) is 4.74 Å². The summed E-state index contributed by atoms with van der Waals surface area (Å²) in [6.07, 6.45) is 18.2. The molecule has 3 nitrogen and oxygen atoms in total. The zero-order valence-corrected chi connectivity index (χ0v) is 20.2. The van der Waals surface area contributed by atoms with Gasteiger partial charge >= 0.3 is 6.09 Å². The zero-order chi connectivity index (χ0) is 22.0. The Kier molecular flexibility index (Phi) is 13.8. The van der Waals surface area contributed by atoms with Crippen molar-refractivity contribution in [2.24, 2.45) is 0 Å². The number of anilines is 1. The van der Waals surface area contributed by atoms with Crippen LogP contribution < -0.4 is 5.32 Å². The molecule has 0 aliphatic carbocycles. The van der Waals surface area contributed by atoms with Crippen molar-refractivity contribution in [3.63, 3.8) is 0 Å². The molecule has 172 valence electrons. The molecule has 0 bridgehead atoms. The van der Waals surface area contributed by atoms with Gasteiger partial charge in [0.05, 0.1) is 6.61 Å². The summed E-state index contributed by atoms with van der Waals surface area (Å²) in [4.78, 5) is 12.1. The smallest absolute Gasteiger partial charge is 0.412 e. The van der Waals surface area contributed by atoms with Gasteiger partial charge in [-0.3, -0.25) is 5.32 Å². The fourth-order valence-corrected chi connectivity index (χ4v) is 4.64. The number of carbonyl (C=O) groups is 1. The Hall–Kier alpha value is -1.81. The molecule has 4 heteroatoms. The van der Waals surface area contributed by atoms with Gasteiger partial charge in [-0.2, -0.15) is 0 Å². The Labute approximate surface area is 193 Å². The molecule has 31 heavy (non-hydrogen) atoms. The first-order chi connectivity index (χ1) is 15.3. The lowest BCUT2D eigenvalue weighted by molar-refractivity contribution is 0.159. The molecule has 0 saturated carbocycles. The van der Waals surface area contributed by atoms with Gasteiger partial charge in [0.1, 0.15) is 5.00 Å². The number of amides is 1. The van der Waals surface area contributed by atoms with Crippen LogP contribution in [0.4, 0.5) is 9.80 Å². The predicted octanol–water partition coefficient (Wildman–Crippen LogP) is 9.44. The summed E-state index contributed by atoms with van der Waals surface area (Å²) in [5, 5.41) is 5.73. The van der Waals surface area contributed by atoms with E-state index in [0.717, 1.165) is 29.0 Å². The molecule has 1 aromatic carbocycles. The molecule has 1 heterocycles. The first-order valence-electron chi connectivity index (χ1n) is 12.4. The molecule has 0 saturated heterocycles. The third kappa shape index (κ3) is 11.4. The SMILES string of the molecule is CCCCCCCCCCCCCCCCOC(=O)Nc1sccc1-c1ccccc1. The average Bonchev–Trinajstić information content (AvgIpc) is 3.25. The minimum absolute atomic E-state index is 0.352. The van der Waals surface area contributed by atoms with E-state index in [9.17, 15) is 4.79 Å². The van der Waals surface area contributed by atoms with E-state index in [4.69, 9.17) is 4.74 Å². The number of rotatable bonds is 17. The maximum atomic E-state index is 12.1. The van der Waals surface area contributed by atoms with Gasteiger partial charge in [0.15, 0.2) is 0 Å². The maximum Gasteiger partial charge on any atom is 0.412 e. The number of carbonyl (C=O) groups excluding carboxylic acids is 1. The van der Waals surface area contributed by atoms with Crippen molar-refractivity contribution in [3.8, 4) is 11.1 Å². The van der Waals surface area contributed by atoms with Crippen LogP contribution in [0.1, 0.15) is 96.8 Å². The fraction of sp³-hybridized carbons (Fsp3) is 0.593. The summed E-state index contributed by atoms with van der Waals surface area (Å²) >= 11 is 1.52. The molecule has 1 amide bonds. The van der Waals surface area contributed by atoms with Gasteiger partial charge in [0.25, 0.3) is 0 Å². The second kappa shape index (κ2) is 16.8. The Bertz CT molecular complexity index is 698. The van der Waals surface area contributed by atoms with Gasteiger partial charge in [-0.25, -0.2) is 4.79 Å². The van der Waals surface area contributed by atoms with Gasteiger partial charge in [0.2, 0.25) is 0 Å². The van der Waals surface area contributed by atoms with E-state index in [2.05, 4.69) is 12.2 Å². The standard InChI is InChI=1S/C27H41NO2S/c1-2-3-4-5-6-7-8-9-10-11-12-13-14-18-22-30-27(29)28-26-25(21-23-31-26)24-19-16-15-17-20-24/h15-17,19-21,23H,2-14,18,22H2,1H3,(H,28,29). The number of benzene rings is 1. The van der Waals surface area contributed by atoms with E-state index >= 15 is 0 Å². The Balaban J connectivity index is 1.42. The molecule has 0 radical (unpaired) electrons. The molecule has 0 atom stereocenters. The summed E-state index contributed by atoms with van der Waals surface area (Å²) < 4.78 is 5.37. The summed E-state index contributed by atoms with van der Waals surface area (Å²) in [5.74, 6) is 0. The van der Waals surface area contributed by atoms with Crippen molar-refractivity contribution in [3.05, 3.63) is 41.8 Å². The molecule has 0 fully saturated rings. The number of hydrogen-bond donors (Lipinski definition) is 1. The largest absolute Gasteiger partial charge is 0.449 e. The van der Waals surface area contributed by atoms with Gasteiger partial charge in [0, 0.05) is 5.56 Å². The molecule has 0 aliphatic rings. The average molecular weight is 444 g/mol. The number of unbranched alkanes of at least 4 members (excludes halogenated alkanes) is 13. The molecule has 0 unspecified atom stereocenters. The highest BCUT2D eigenvalue weighted by Gasteiger charge is 2.10. The van der Waals surface area contributed by atoms with E-state index in [-0.39, 0.29) is 6.09 Å². The summed E-state index contributed by atoms with van der Waals surface area (Å²) in [6, 6.07) is 12.1. The van der Waals surface area contributed by atoms with E-state index in [0.29, 0.717) is 6.61 Å². The van der Waals surface area contributed by atoms with E-state index in [1.165, 1.54) is 88.4 Å². The lowest BCUT2D eigenvalue weighted by Gasteiger charge is -2.08. The van der Waals surface area contributed by atoms with Crippen molar-refractivity contribution >= 4 is 22.4 Å². The van der Waals surface area contributed by atoms with E-state index in [1.54, 1.807) is 0 Å². The lowest BCUT2D eigenvalue weighted by atomic mass is 10.0. The molecular formula is C27H41NO2S. The Morgan fingerprint density at radius 3 is 1.90 bits per heavy atom. The van der Waals surface area contributed by atoms with Crippen molar-refractivity contribution in [1.29, 1.82) is 0 Å². The Morgan fingerprint density at radius 1 is 0.774 bits per heavy atom. The molecular weight excluding hydrogens is 402 g/mol. The maximum absolute atomic E-state index is 12.1. The third-order valence-electron chi connectivity index (χ3n) is 5.70. The highest BCUT2D eigenvalue weighted by molar-refractivity contribution is 7.15.